The lowest BCUT2D eigenvalue weighted by Gasteiger charge is -2.34. The van der Waals surface area contributed by atoms with Gasteiger partial charge in [-0.05, 0) is 42.2 Å². The average molecular weight is 373 g/mol. The zero-order valence-corrected chi connectivity index (χ0v) is 14.9. The van der Waals surface area contributed by atoms with E-state index in [4.69, 9.17) is 20.8 Å². The number of aromatic nitrogens is 2. The second-order valence-corrected chi connectivity index (χ2v) is 6.91. The fourth-order valence-corrected chi connectivity index (χ4v) is 3.65. The molecule has 0 atom stereocenters. The first kappa shape index (κ1) is 17.2. The largest absolute Gasteiger partial charge is 0.424 e. The van der Waals surface area contributed by atoms with Gasteiger partial charge < -0.3 is 9.15 Å². The summed E-state index contributed by atoms with van der Waals surface area (Å²) in [6.45, 7) is 1.22. The summed E-state index contributed by atoms with van der Waals surface area (Å²) < 4.78 is 25.4. The molecule has 0 radical (unpaired) electrons. The Bertz CT molecular complexity index is 906. The summed E-state index contributed by atoms with van der Waals surface area (Å²) in [7, 11) is 0. The molecule has 0 amide bonds. The van der Waals surface area contributed by atoms with Crippen LogP contribution in [-0.4, -0.2) is 23.4 Å². The number of hydrogen-bond donors (Lipinski definition) is 0. The molecule has 2 aromatic carbocycles. The molecule has 1 aromatic heterocycles. The SMILES string of the molecule is Fc1ccccc1Cc1nnc(C2(c3cccc(Cl)c3)CCOCC2)o1. The predicted molar refractivity (Wildman–Crippen MR) is 95.8 cm³/mol. The normalized spacial score (nSPS) is 16.5. The van der Waals surface area contributed by atoms with Gasteiger partial charge in [-0.1, -0.05) is 41.9 Å². The maximum atomic E-state index is 13.9. The Hall–Kier alpha value is -2.24. The number of rotatable bonds is 4. The third-order valence-electron chi connectivity index (χ3n) is 4.90. The molecule has 4 rings (SSSR count). The quantitative estimate of drug-likeness (QED) is 0.674. The standard InChI is InChI=1S/C20H18ClFN2O2/c21-16-6-3-5-15(13-16)20(8-10-25-11-9-20)19-24-23-18(26-19)12-14-4-1-2-7-17(14)22/h1-7,13H,8-12H2. The van der Waals surface area contributed by atoms with E-state index in [1.165, 1.54) is 6.07 Å². The molecule has 0 N–H and O–H groups in total. The number of benzene rings is 2. The highest BCUT2D eigenvalue weighted by Gasteiger charge is 2.41. The molecule has 134 valence electrons. The third kappa shape index (κ3) is 3.24. The van der Waals surface area contributed by atoms with Crippen molar-refractivity contribution in [3.8, 4) is 0 Å². The Morgan fingerprint density at radius 3 is 2.62 bits per heavy atom. The van der Waals surface area contributed by atoms with Crippen molar-refractivity contribution in [1.82, 2.24) is 10.2 Å². The van der Waals surface area contributed by atoms with Gasteiger partial charge >= 0.3 is 0 Å². The van der Waals surface area contributed by atoms with Gasteiger partial charge in [0.15, 0.2) is 0 Å². The topological polar surface area (TPSA) is 48.2 Å². The van der Waals surface area contributed by atoms with Crippen LogP contribution in [0.3, 0.4) is 0 Å². The molecule has 0 aliphatic carbocycles. The van der Waals surface area contributed by atoms with Crippen molar-refractivity contribution in [3.63, 3.8) is 0 Å². The van der Waals surface area contributed by atoms with E-state index in [2.05, 4.69) is 10.2 Å². The van der Waals surface area contributed by atoms with Crippen molar-refractivity contribution in [2.45, 2.75) is 24.7 Å². The minimum Gasteiger partial charge on any atom is -0.424 e. The molecule has 1 saturated heterocycles. The number of halogens is 2. The van der Waals surface area contributed by atoms with Crippen LogP contribution in [0.25, 0.3) is 0 Å². The zero-order valence-electron chi connectivity index (χ0n) is 14.1. The second-order valence-electron chi connectivity index (χ2n) is 6.47. The molecule has 1 aliphatic heterocycles. The maximum Gasteiger partial charge on any atom is 0.227 e. The lowest BCUT2D eigenvalue weighted by atomic mass is 9.74. The van der Waals surface area contributed by atoms with Crippen molar-refractivity contribution >= 4 is 11.6 Å². The highest BCUT2D eigenvalue weighted by Crippen LogP contribution is 2.41. The smallest absolute Gasteiger partial charge is 0.227 e. The van der Waals surface area contributed by atoms with Crippen LogP contribution in [0.15, 0.2) is 52.9 Å². The predicted octanol–water partition coefficient (Wildman–Crippen LogP) is 4.55. The Labute approximate surface area is 156 Å². The summed E-state index contributed by atoms with van der Waals surface area (Å²) in [6.07, 6.45) is 1.73. The van der Waals surface area contributed by atoms with Crippen LogP contribution in [0.4, 0.5) is 4.39 Å². The third-order valence-corrected chi connectivity index (χ3v) is 5.13. The van der Waals surface area contributed by atoms with E-state index in [0.29, 0.717) is 35.6 Å². The van der Waals surface area contributed by atoms with Gasteiger partial charge in [0.05, 0.1) is 11.8 Å². The Kier molecular flexibility index (Phi) is 4.74. The Morgan fingerprint density at radius 2 is 1.85 bits per heavy atom. The monoisotopic (exact) mass is 372 g/mol. The van der Waals surface area contributed by atoms with Crippen LogP contribution in [0.1, 0.15) is 35.7 Å². The summed E-state index contributed by atoms with van der Waals surface area (Å²) in [5, 5.41) is 9.14. The van der Waals surface area contributed by atoms with Gasteiger partial charge in [-0.25, -0.2) is 4.39 Å². The van der Waals surface area contributed by atoms with Crippen molar-refractivity contribution in [2.75, 3.05) is 13.2 Å². The zero-order chi connectivity index (χ0) is 18.0. The van der Waals surface area contributed by atoms with Crippen LogP contribution in [-0.2, 0) is 16.6 Å². The van der Waals surface area contributed by atoms with E-state index in [0.717, 1.165) is 18.4 Å². The van der Waals surface area contributed by atoms with Crippen molar-refractivity contribution in [1.29, 1.82) is 0 Å². The molecule has 0 bridgehead atoms. The van der Waals surface area contributed by atoms with E-state index in [1.54, 1.807) is 18.2 Å². The van der Waals surface area contributed by atoms with Gasteiger partial charge in [-0.15, -0.1) is 10.2 Å². The fourth-order valence-electron chi connectivity index (χ4n) is 3.46. The van der Waals surface area contributed by atoms with Crippen molar-refractivity contribution in [2.24, 2.45) is 0 Å². The van der Waals surface area contributed by atoms with Gasteiger partial charge in [-0.2, -0.15) is 0 Å². The van der Waals surface area contributed by atoms with Crippen LogP contribution in [0, 0.1) is 5.82 Å². The highest BCUT2D eigenvalue weighted by atomic mass is 35.5. The van der Waals surface area contributed by atoms with Crippen molar-refractivity contribution < 1.29 is 13.5 Å². The summed E-state index contributed by atoms with van der Waals surface area (Å²) in [4.78, 5) is 0. The molecule has 0 spiro atoms. The van der Waals surface area contributed by atoms with Gasteiger partial charge in [0, 0.05) is 18.2 Å². The highest BCUT2D eigenvalue weighted by molar-refractivity contribution is 6.30. The lowest BCUT2D eigenvalue weighted by molar-refractivity contribution is 0.0541. The lowest BCUT2D eigenvalue weighted by Crippen LogP contribution is -2.35. The number of nitrogens with zero attached hydrogens (tertiary/aromatic N) is 2. The van der Waals surface area contributed by atoms with E-state index in [9.17, 15) is 4.39 Å². The summed E-state index contributed by atoms with van der Waals surface area (Å²) in [5.41, 5.74) is 1.14. The first-order valence-electron chi connectivity index (χ1n) is 8.57. The molecule has 26 heavy (non-hydrogen) atoms. The van der Waals surface area contributed by atoms with E-state index < -0.39 is 5.41 Å². The molecule has 6 heteroatoms. The molecule has 0 unspecified atom stereocenters. The molecule has 1 fully saturated rings. The van der Waals surface area contributed by atoms with Gasteiger partial charge in [0.1, 0.15) is 5.82 Å². The average Bonchev–Trinajstić information content (AvgIpc) is 3.13. The molecular formula is C20H18ClFN2O2. The van der Waals surface area contributed by atoms with E-state index >= 15 is 0 Å². The minimum absolute atomic E-state index is 0.266. The van der Waals surface area contributed by atoms with Gasteiger partial charge in [0.2, 0.25) is 11.8 Å². The molecule has 0 saturated carbocycles. The maximum absolute atomic E-state index is 13.9. The number of hydrogen-bond acceptors (Lipinski definition) is 4. The summed E-state index contributed by atoms with van der Waals surface area (Å²) in [6, 6.07) is 14.3. The Morgan fingerprint density at radius 1 is 1.04 bits per heavy atom. The van der Waals surface area contributed by atoms with Crippen LogP contribution in [0.5, 0.6) is 0 Å². The Balaban J connectivity index is 1.69. The second kappa shape index (κ2) is 7.17. The fraction of sp³-hybridized carbons (Fsp3) is 0.300. The van der Waals surface area contributed by atoms with Gasteiger partial charge in [0.25, 0.3) is 0 Å². The minimum atomic E-state index is -0.427. The first-order valence-corrected chi connectivity index (χ1v) is 8.95. The van der Waals surface area contributed by atoms with Crippen LogP contribution >= 0.6 is 11.6 Å². The molecular weight excluding hydrogens is 355 g/mol. The molecule has 4 nitrogen and oxygen atoms in total. The van der Waals surface area contributed by atoms with Crippen molar-refractivity contribution in [3.05, 3.63) is 82.3 Å². The van der Waals surface area contributed by atoms with E-state index in [-0.39, 0.29) is 12.2 Å². The van der Waals surface area contributed by atoms with Gasteiger partial charge in [-0.3, -0.25) is 0 Å². The van der Waals surface area contributed by atoms with E-state index in [1.807, 2.05) is 24.3 Å². The summed E-state index contributed by atoms with van der Waals surface area (Å²) >= 11 is 6.20. The van der Waals surface area contributed by atoms with Crippen LogP contribution < -0.4 is 0 Å². The molecule has 3 aromatic rings. The first-order chi connectivity index (χ1) is 12.7. The molecule has 1 aliphatic rings. The number of ether oxygens (including phenoxy) is 1. The summed E-state index contributed by atoms with van der Waals surface area (Å²) in [5.74, 6) is 0.662. The van der Waals surface area contributed by atoms with Crippen LogP contribution in [0.2, 0.25) is 5.02 Å². The molecule has 2 heterocycles.